The Morgan fingerprint density at radius 2 is 2.25 bits per heavy atom. The van der Waals surface area contributed by atoms with E-state index in [1.807, 2.05) is 0 Å². The Labute approximate surface area is 122 Å². The van der Waals surface area contributed by atoms with Gasteiger partial charge in [0, 0.05) is 20.1 Å². The van der Waals surface area contributed by atoms with Crippen LogP contribution in [0.3, 0.4) is 0 Å². The molecule has 1 fully saturated rings. The van der Waals surface area contributed by atoms with E-state index in [-0.39, 0.29) is 16.7 Å². The van der Waals surface area contributed by atoms with Crippen molar-refractivity contribution in [1.29, 1.82) is 0 Å². The quantitative estimate of drug-likeness (QED) is 0.763. The molecule has 1 atom stereocenters. The fourth-order valence-electron chi connectivity index (χ4n) is 2.21. The summed E-state index contributed by atoms with van der Waals surface area (Å²) in [7, 11) is -0.875. The minimum absolute atomic E-state index is 0.0604. The number of carbonyl (C=O) groups excluding carboxylic acids is 1. The molecule has 1 saturated heterocycles. The summed E-state index contributed by atoms with van der Waals surface area (Å²) >= 11 is 5.94. The second kappa shape index (κ2) is 5.71. The SMILES string of the molecule is COC(=O)C1CCCN(S(=O)(=O)c2ncn(C)c2Cl)C1. The van der Waals surface area contributed by atoms with Gasteiger partial charge in [0.25, 0.3) is 10.0 Å². The number of rotatable bonds is 3. The van der Waals surface area contributed by atoms with E-state index in [9.17, 15) is 13.2 Å². The molecule has 0 spiro atoms. The number of methoxy groups -OCH3 is 1. The number of aromatic nitrogens is 2. The molecule has 0 saturated carbocycles. The third-order valence-electron chi connectivity index (χ3n) is 3.34. The van der Waals surface area contributed by atoms with Crippen LogP contribution in [0.2, 0.25) is 5.15 Å². The highest BCUT2D eigenvalue weighted by Crippen LogP contribution is 2.27. The van der Waals surface area contributed by atoms with E-state index in [0.717, 1.165) is 0 Å². The largest absolute Gasteiger partial charge is 0.469 e. The lowest BCUT2D eigenvalue weighted by Crippen LogP contribution is -2.42. The summed E-state index contributed by atoms with van der Waals surface area (Å²) in [5.41, 5.74) is 0. The number of hydrogen-bond donors (Lipinski definition) is 0. The molecule has 0 bridgehead atoms. The Kier molecular flexibility index (Phi) is 4.36. The van der Waals surface area contributed by atoms with Crippen molar-refractivity contribution in [2.75, 3.05) is 20.2 Å². The molecule has 7 nitrogen and oxygen atoms in total. The van der Waals surface area contributed by atoms with Crippen LogP contribution in [0, 0.1) is 5.92 Å². The molecule has 1 aromatic rings. The summed E-state index contributed by atoms with van der Waals surface area (Å²) < 4.78 is 32.3. The zero-order chi connectivity index (χ0) is 14.9. The van der Waals surface area contributed by atoms with E-state index in [1.54, 1.807) is 7.05 Å². The summed E-state index contributed by atoms with van der Waals surface area (Å²) in [5, 5.41) is -0.114. The number of sulfonamides is 1. The average Bonchev–Trinajstić information content (AvgIpc) is 2.79. The fraction of sp³-hybridized carbons (Fsp3) is 0.636. The number of halogens is 1. The monoisotopic (exact) mass is 321 g/mol. The Hall–Kier alpha value is -1.12. The van der Waals surface area contributed by atoms with Crippen LogP contribution in [0.4, 0.5) is 0 Å². The van der Waals surface area contributed by atoms with Crippen molar-refractivity contribution in [3.8, 4) is 0 Å². The maximum atomic E-state index is 12.5. The minimum Gasteiger partial charge on any atom is -0.469 e. The normalized spacial score (nSPS) is 20.9. The molecule has 1 unspecified atom stereocenters. The van der Waals surface area contributed by atoms with E-state index < -0.39 is 21.9 Å². The molecule has 0 radical (unpaired) electrons. The molecule has 0 amide bonds. The Balaban J connectivity index is 2.26. The van der Waals surface area contributed by atoms with Gasteiger partial charge < -0.3 is 9.30 Å². The van der Waals surface area contributed by atoms with Gasteiger partial charge >= 0.3 is 5.97 Å². The second-order valence-corrected chi connectivity index (χ2v) is 6.89. The summed E-state index contributed by atoms with van der Waals surface area (Å²) in [4.78, 5) is 15.4. The van der Waals surface area contributed by atoms with Gasteiger partial charge in [0.15, 0.2) is 0 Å². The van der Waals surface area contributed by atoms with Gasteiger partial charge in [-0.15, -0.1) is 0 Å². The predicted molar refractivity (Wildman–Crippen MR) is 71.7 cm³/mol. The first kappa shape index (κ1) is 15.3. The van der Waals surface area contributed by atoms with Gasteiger partial charge in [-0.25, -0.2) is 13.4 Å². The van der Waals surface area contributed by atoms with Gasteiger partial charge in [0.1, 0.15) is 5.15 Å². The molecule has 2 heterocycles. The smallest absolute Gasteiger partial charge is 0.309 e. The highest BCUT2D eigenvalue weighted by molar-refractivity contribution is 7.89. The minimum atomic E-state index is -3.78. The molecule has 0 aromatic carbocycles. The van der Waals surface area contributed by atoms with Crippen molar-refractivity contribution >= 4 is 27.6 Å². The van der Waals surface area contributed by atoms with Gasteiger partial charge in [-0.05, 0) is 12.8 Å². The van der Waals surface area contributed by atoms with Crippen LogP contribution in [-0.4, -0.2) is 48.4 Å². The molecule has 1 aliphatic rings. The van der Waals surface area contributed by atoms with E-state index >= 15 is 0 Å². The molecular weight excluding hydrogens is 306 g/mol. The molecular formula is C11H16ClN3O4S. The number of esters is 1. The Bertz CT molecular complexity index is 613. The van der Waals surface area contributed by atoms with Gasteiger partial charge in [0.2, 0.25) is 5.03 Å². The van der Waals surface area contributed by atoms with Crippen LogP contribution in [0.15, 0.2) is 11.4 Å². The Morgan fingerprint density at radius 1 is 1.55 bits per heavy atom. The number of nitrogens with zero attached hydrogens (tertiary/aromatic N) is 3. The molecule has 112 valence electrons. The molecule has 20 heavy (non-hydrogen) atoms. The lowest BCUT2D eigenvalue weighted by Gasteiger charge is -2.29. The number of aryl methyl sites for hydroxylation is 1. The predicted octanol–water partition coefficient (Wildman–Crippen LogP) is 0.647. The molecule has 0 N–H and O–H groups in total. The van der Waals surface area contributed by atoms with Crippen LogP contribution in [0.1, 0.15) is 12.8 Å². The lowest BCUT2D eigenvalue weighted by molar-refractivity contribution is -0.146. The number of piperidine rings is 1. The summed E-state index contributed by atoms with van der Waals surface area (Å²) in [6, 6.07) is 0. The molecule has 1 aliphatic heterocycles. The van der Waals surface area contributed by atoms with Gasteiger partial charge in [0.05, 0.1) is 19.4 Å². The third-order valence-corrected chi connectivity index (χ3v) is 5.69. The maximum Gasteiger partial charge on any atom is 0.309 e. The van der Waals surface area contributed by atoms with E-state index in [4.69, 9.17) is 11.6 Å². The number of carbonyl (C=O) groups is 1. The summed E-state index contributed by atoms with van der Waals surface area (Å²) in [5.74, 6) is -0.831. The van der Waals surface area contributed by atoms with Crippen LogP contribution in [0.25, 0.3) is 0 Å². The van der Waals surface area contributed by atoms with Crippen molar-refractivity contribution < 1.29 is 17.9 Å². The van der Waals surface area contributed by atoms with Crippen molar-refractivity contribution in [2.45, 2.75) is 17.9 Å². The molecule has 0 aliphatic carbocycles. The summed E-state index contributed by atoms with van der Waals surface area (Å²) in [6.45, 7) is 0.449. The number of hydrogen-bond acceptors (Lipinski definition) is 5. The van der Waals surface area contributed by atoms with Crippen LogP contribution >= 0.6 is 11.6 Å². The highest BCUT2D eigenvalue weighted by atomic mass is 35.5. The van der Waals surface area contributed by atoms with Gasteiger partial charge in [-0.1, -0.05) is 11.6 Å². The molecule has 1 aromatic heterocycles. The van der Waals surface area contributed by atoms with Crippen LogP contribution in [-0.2, 0) is 26.6 Å². The standard InChI is InChI=1S/C11H16ClN3O4S/c1-14-7-13-10(9(14)12)20(17,18)15-5-3-4-8(6-15)11(16)19-2/h7-8H,3-6H2,1-2H3. The first-order valence-corrected chi connectivity index (χ1v) is 7.94. The fourth-order valence-corrected chi connectivity index (χ4v) is 4.12. The first-order valence-electron chi connectivity index (χ1n) is 6.12. The maximum absolute atomic E-state index is 12.5. The average molecular weight is 322 g/mol. The van der Waals surface area contributed by atoms with Gasteiger partial charge in [-0.2, -0.15) is 4.31 Å². The van der Waals surface area contributed by atoms with Crippen molar-refractivity contribution in [3.05, 3.63) is 11.5 Å². The second-order valence-electron chi connectivity index (χ2n) is 4.68. The third kappa shape index (κ3) is 2.68. The van der Waals surface area contributed by atoms with Crippen LogP contribution < -0.4 is 0 Å². The molecule has 9 heteroatoms. The van der Waals surface area contributed by atoms with E-state index in [0.29, 0.717) is 19.4 Å². The zero-order valence-corrected chi connectivity index (χ0v) is 12.8. The zero-order valence-electron chi connectivity index (χ0n) is 11.2. The van der Waals surface area contributed by atoms with E-state index in [2.05, 4.69) is 9.72 Å². The van der Waals surface area contributed by atoms with Crippen molar-refractivity contribution in [1.82, 2.24) is 13.9 Å². The van der Waals surface area contributed by atoms with Crippen molar-refractivity contribution in [3.63, 3.8) is 0 Å². The van der Waals surface area contributed by atoms with E-state index in [1.165, 1.54) is 22.3 Å². The molecule has 2 rings (SSSR count). The van der Waals surface area contributed by atoms with Gasteiger partial charge in [-0.3, -0.25) is 4.79 Å². The Morgan fingerprint density at radius 3 is 2.80 bits per heavy atom. The lowest BCUT2D eigenvalue weighted by atomic mass is 10.0. The summed E-state index contributed by atoms with van der Waals surface area (Å²) in [6.07, 6.45) is 2.56. The van der Waals surface area contributed by atoms with Crippen molar-refractivity contribution in [2.24, 2.45) is 13.0 Å². The highest BCUT2D eigenvalue weighted by Gasteiger charge is 2.36. The topological polar surface area (TPSA) is 81.5 Å². The first-order chi connectivity index (χ1) is 9.37. The number of ether oxygens (including phenoxy) is 1. The van der Waals surface area contributed by atoms with Crippen LogP contribution in [0.5, 0.6) is 0 Å². The number of imidazole rings is 1.